The van der Waals surface area contributed by atoms with Gasteiger partial charge < -0.3 is 19.5 Å². The van der Waals surface area contributed by atoms with Crippen LogP contribution in [0.5, 0.6) is 11.5 Å². The summed E-state index contributed by atoms with van der Waals surface area (Å²) >= 11 is 0. The molecule has 1 aromatic rings. The Morgan fingerprint density at radius 3 is 2.00 bits per heavy atom. The molecule has 0 unspecified atom stereocenters. The minimum atomic E-state index is 0.657. The Kier molecular flexibility index (Phi) is 10.6. The lowest BCUT2D eigenvalue weighted by Crippen LogP contribution is -2.25. The average molecular weight is 295 g/mol. The summed E-state index contributed by atoms with van der Waals surface area (Å²) in [6.45, 7) is 9.00. The number of rotatable bonds is 13. The number of benzene rings is 1. The highest BCUT2D eigenvalue weighted by molar-refractivity contribution is 5.31. The highest BCUT2D eigenvalue weighted by atomic mass is 16.5. The molecule has 1 N–H and O–H groups in total. The SMILES string of the molecule is CCCCOCCNCCOc1ccc(OCCC)cc1. The second kappa shape index (κ2) is 12.5. The normalized spacial score (nSPS) is 10.6. The van der Waals surface area contributed by atoms with E-state index in [4.69, 9.17) is 14.2 Å². The topological polar surface area (TPSA) is 39.7 Å². The Balaban J connectivity index is 1.99. The predicted molar refractivity (Wildman–Crippen MR) is 86.3 cm³/mol. The van der Waals surface area contributed by atoms with E-state index in [1.807, 2.05) is 24.3 Å². The first-order valence-corrected chi connectivity index (χ1v) is 8.01. The third-order valence-corrected chi connectivity index (χ3v) is 2.91. The Morgan fingerprint density at radius 1 is 0.762 bits per heavy atom. The third kappa shape index (κ3) is 9.32. The van der Waals surface area contributed by atoms with Crippen molar-refractivity contribution >= 4 is 0 Å². The summed E-state index contributed by atoms with van der Waals surface area (Å²) in [5.41, 5.74) is 0. The maximum absolute atomic E-state index is 5.65. The first-order valence-electron chi connectivity index (χ1n) is 8.01. The van der Waals surface area contributed by atoms with Crippen molar-refractivity contribution in [1.82, 2.24) is 5.32 Å². The van der Waals surface area contributed by atoms with Crippen LogP contribution in [0.15, 0.2) is 24.3 Å². The Hall–Kier alpha value is -1.26. The highest BCUT2D eigenvalue weighted by Crippen LogP contribution is 2.17. The van der Waals surface area contributed by atoms with Crippen LogP contribution < -0.4 is 14.8 Å². The fourth-order valence-corrected chi connectivity index (χ4v) is 1.71. The van der Waals surface area contributed by atoms with Crippen LogP contribution in [-0.2, 0) is 4.74 Å². The van der Waals surface area contributed by atoms with Crippen molar-refractivity contribution in [3.05, 3.63) is 24.3 Å². The van der Waals surface area contributed by atoms with Gasteiger partial charge in [0.05, 0.1) is 13.2 Å². The highest BCUT2D eigenvalue weighted by Gasteiger charge is 1.96. The minimum absolute atomic E-state index is 0.657. The average Bonchev–Trinajstić information content (AvgIpc) is 2.52. The molecule has 21 heavy (non-hydrogen) atoms. The summed E-state index contributed by atoms with van der Waals surface area (Å²) in [5, 5.41) is 3.30. The molecule has 4 nitrogen and oxygen atoms in total. The molecule has 1 rings (SSSR count). The number of hydrogen-bond donors (Lipinski definition) is 1. The van der Waals surface area contributed by atoms with Gasteiger partial charge in [-0.05, 0) is 37.1 Å². The van der Waals surface area contributed by atoms with Gasteiger partial charge in [0.2, 0.25) is 0 Å². The van der Waals surface area contributed by atoms with Crippen molar-refractivity contribution < 1.29 is 14.2 Å². The van der Waals surface area contributed by atoms with E-state index in [9.17, 15) is 0 Å². The molecule has 120 valence electrons. The standard InChI is InChI=1S/C17H29NO3/c1-3-5-13-19-14-10-18-11-15-21-17-8-6-16(7-9-17)20-12-4-2/h6-9,18H,3-5,10-15H2,1-2H3. The van der Waals surface area contributed by atoms with Crippen molar-refractivity contribution in [3.8, 4) is 11.5 Å². The second-order valence-corrected chi connectivity index (χ2v) is 4.88. The Labute approximate surface area is 128 Å². The van der Waals surface area contributed by atoms with E-state index in [1.165, 1.54) is 6.42 Å². The molecule has 0 aliphatic heterocycles. The lowest BCUT2D eigenvalue weighted by atomic mass is 10.3. The molecule has 0 atom stereocenters. The molecule has 0 radical (unpaired) electrons. The van der Waals surface area contributed by atoms with E-state index in [1.54, 1.807) is 0 Å². The van der Waals surface area contributed by atoms with Gasteiger partial charge in [0.25, 0.3) is 0 Å². The fourth-order valence-electron chi connectivity index (χ4n) is 1.71. The number of hydrogen-bond acceptors (Lipinski definition) is 4. The summed E-state index contributed by atoms with van der Waals surface area (Å²) in [7, 11) is 0. The van der Waals surface area contributed by atoms with Crippen LogP contribution in [-0.4, -0.2) is 39.5 Å². The lowest BCUT2D eigenvalue weighted by molar-refractivity contribution is 0.132. The molecule has 0 aliphatic rings. The van der Waals surface area contributed by atoms with Gasteiger partial charge in [-0.15, -0.1) is 0 Å². The van der Waals surface area contributed by atoms with Crippen molar-refractivity contribution in [3.63, 3.8) is 0 Å². The zero-order chi connectivity index (χ0) is 15.2. The third-order valence-electron chi connectivity index (χ3n) is 2.91. The van der Waals surface area contributed by atoms with Crippen LogP contribution in [0.2, 0.25) is 0 Å². The molecular weight excluding hydrogens is 266 g/mol. The van der Waals surface area contributed by atoms with Crippen LogP contribution in [0.1, 0.15) is 33.1 Å². The van der Waals surface area contributed by atoms with Gasteiger partial charge in [-0.25, -0.2) is 0 Å². The number of ether oxygens (including phenoxy) is 3. The van der Waals surface area contributed by atoms with Gasteiger partial charge in [0.1, 0.15) is 18.1 Å². The largest absolute Gasteiger partial charge is 0.494 e. The van der Waals surface area contributed by atoms with Gasteiger partial charge in [-0.1, -0.05) is 20.3 Å². The zero-order valence-corrected chi connectivity index (χ0v) is 13.4. The maximum Gasteiger partial charge on any atom is 0.119 e. The zero-order valence-electron chi connectivity index (χ0n) is 13.4. The molecule has 0 heterocycles. The van der Waals surface area contributed by atoms with Gasteiger partial charge in [-0.3, -0.25) is 0 Å². The quantitative estimate of drug-likeness (QED) is 0.567. The summed E-state index contributed by atoms with van der Waals surface area (Å²) in [6.07, 6.45) is 3.34. The summed E-state index contributed by atoms with van der Waals surface area (Å²) in [4.78, 5) is 0. The van der Waals surface area contributed by atoms with Crippen molar-refractivity contribution in [1.29, 1.82) is 0 Å². The van der Waals surface area contributed by atoms with Crippen LogP contribution >= 0.6 is 0 Å². The molecule has 0 aromatic heterocycles. The van der Waals surface area contributed by atoms with Crippen LogP contribution in [0.25, 0.3) is 0 Å². The predicted octanol–water partition coefficient (Wildman–Crippen LogP) is 3.26. The summed E-state index contributed by atoms with van der Waals surface area (Å²) < 4.78 is 16.6. The smallest absolute Gasteiger partial charge is 0.119 e. The van der Waals surface area contributed by atoms with Gasteiger partial charge in [0, 0.05) is 19.7 Å². The monoisotopic (exact) mass is 295 g/mol. The van der Waals surface area contributed by atoms with E-state index in [2.05, 4.69) is 19.2 Å². The summed E-state index contributed by atoms with van der Waals surface area (Å²) in [5.74, 6) is 1.77. The van der Waals surface area contributed by atoms with Crippen LogP contribution in [0.3, 0.4) is 0 Å². The molecule has 0 saturated carbocycles. The molecule has 4 heteroatoms. The van der Waals surface area contributed by atoms with E-state index in [0.29, 0.717) is 6.61 Å². The van der Waals surface area contributed by atoms with Gasteiger partial charge >= 0.3 is 0 Å². The molecule has 0 saturated heterocycles. The molecule has 0 bridgehead atoms. The fraction of sp³-hybridized carbons (Fsp3) is 0.647. The molecular formula is C17H29NO3. The number of unbranched alkanes of at least 4 members (excludes halogenated alkanes) is 1. The molecule has 0 amide bonds. The Morgan fingerprint density at radius 2 is 1.38 bits per heavy atom. The molecule has 0 aliphatic carbocycles. The molecule has 1 aromatic carbocycles. The van der Waals surface area contributed by atoms with Crippen molar-refractivity contribution in [2.24, 2.45) is 0 Å². The molecule has 0 fully saturated rings. The van der Waals surface area contributed by atoms with Crippen molar-refractivity contribution in [2.75, 3.05) is 39.5 Å². The Bertz CT molecular complexity index is 340. The van der Waals surface area contributed by atoms with Crippen LogP contribution in [0.4, 0.5) is 0 Å². The molecule has 0 spiro atoms. The van der Waals surface area contributed by atoms with Gasteiger partial charge in [0.15, 0.2) is 0 Å². The van der Waals surface area contributed by atoms with E-state index < -0.39 is 0 Å². The number of nitrogens with one attached hydrogen (secondary N) is 1. The van der Waals surface area contributed by atoms with E-state index >= 15 is 0 Å². The minimum Gasteiger partial charge on any atom is -0.494 e. The maximum atomic E-state index is 5.65. The second-order valence-electron chi connectivity index (χ2n) is 4.88. The van der Waals surface area contributed by atoms with Crippen LogP contribution in [0, 0.1) is 0 Å². The first kappa shape index (κ1) is 17.8. The van der Waals surface area contributed by atoms with E-state index in [-0.39, 0.29) is 0 Å². The first-order chi connectivity index (χ1) is 10.4. The lowest BCUT2D eigenvalue weighted by Gasteiger charge is -2.09. The van der Waals surface area contributed by atoms with Crippen molar-refractivity contribution in [2.45, 2.75) is 33.1 Å². The van der Waals surface area contributed by atoms with Gasteiger partial charge in [-0.2, -0.15) is 0 Å². The summed E-state index contributed by atoms with van der Waals surface area (Å²) in [6, 6.07) is 7.78. The van der Waals surface area contributed by atoms with E-state index in [0.717, 1.165) is 57.3 Å².